The average Bonchev–Trinajstić information content (AvgIpc) is 2.40. The van der Waals surface area contributed by atoms with Crippen LogP contribution in [0.25, 0.3) is 0 Å². The number of amides is 1. The minimum Gasteiger partial charge on any atom is -0.349 e. The van der Waals surface area contributed by atoms with Crippen molar-refractivity contribution in [3.8, 4) is 0 Å². The third-order valence-corrected chi connectivity index (χ3v) is 4.09. The Hall–Kier alpha value is -1.09. The summed E-state index contributed by atoms with van der Waals surface area (Å²) in [6.07, 6.45) is 5.99. The SMILES string of the molecule is Cc1ncccc1C(=O)NC1CCC(CCl)CC1. The molecule has 0 unspecified atom stereocenters. The van der Waals surface area contributed by atoms with Crippen molar-refractivity contribution >= 4 is 17.5 Å². The molecule has 0 aromatic carbocycles. The third kappa shape index (κ3) is 3.22. The van der Waals surface area contributed by atoms with Gasteiger partial charge in [0.25, 0.3) is 5.91 Å². The van der Waals surface area contributed by atoms with Crippen molar-refractivity contribution in [3.05, 3.63) is 29.6 Å². The van der Waals surface area contributed by atoms with Gasteiger partial charge in [0.1, 0.15) is 0 Å². The summed E-state index contributed by atoms with van der Waals surface area (Å²) >= 11 is 5.85. The van der Waals surface area contributed by atoms with E-state index >= 15 is 0 Å². The zero-order chi connectivity index (χ0) is 13.0. The molecule has 0 aliphatic heterocycles. The Morgan fingerprint density at radius 2 is 2.17 bits per heavy atom. The number of hydrogen-bond donors (Lipinski definition) is 1. The summed E-state index contributed by atoms with van der Waals surface area (Å²) < 4.78 is 0. The third-order valence-electron chi connectivity index (χ3n) is 3.65. The van der Waals surface area contributed by atoms with E-state index in [9.17, 15) is 4.79 Å². The molecule has 1 fully saturated rings. The number of halogens is 1. The molecule has 0 spiro atoms. The van der Waals surface area contributed by atoms with Crippen LogP contribution in [-0.2, 0) is 0 Å². The predicted octanol–water partition coefficient (Wildman–Crippen LogP) is 2.92. The van der Waals surface area contributed by atoms with E-state index in [0.29, 0.717) is 11.5 Å². The summed E-state index contributed by atoms with van der Waals surface area (Å²) in [5.41, 5.74) is 1.46. The Labute approximate surface area is 113 Å². The number of rotatable bonds is 3. The molecule has 0 atom stereocenters. The standard InChI is InChI=1S/C14H19ClN2O/c1-10-13(3-2-8-16-10)14(18)17-12-6-4-11(9-15)5-7-12/h2-3,8,11-12H,4-7,9H2,1H3,(H,17,18). The fraction of sp³-hybridized carbons (Fsp3) is 0.571. The Bertz CT molecular complexity index is 414. The van der Waals surface area contributed by atoms with E-state index < -0.39 is 0 Å². The second-order valence-electron chi connectivity index (χ2n) is 4.98. The first-order chi connectivity index (χ1) is 8.70. The molecular formula is C14H19ClN2O. The molecular weight excluding hydrogens is 248 g/mol. The molecule has 98 valence electrons. The lowest BCUT2D eigenvalue weighted by Crippen LogP contribution is -2.38. The van der Waals surface area contributed by atoms with Gasteiger partial charge < -0.3 is 5.32 Å². The number of pyridine rings is 1. The first kappa shape index (κ1) is 13.3. The molecule has 0 saturated heterocycles. The highest BCUT2D eigenvalue weighted by Crippen LogP contribution is 2.25. The smallest absolute Gasteiger partial charge is 0.253 e. The van der Waals surface area contributed by atoms with Crippen LogP contribution in [0.5, 0.6) is 0 Å². The monoisotopic (exact) mass is 266 g/mol. The van der Waals surface area contributed by atoms with Crippen molar-refractivity contribution in [2.24, 2.45) is 5.92 Å². The summed E-state index contributed by atoms with van der Waals surface area (Å²) in [7, 11) is 0. The van der Waals surface area contributed by atoms with Crippen molar-refractivity contribution in [3.63, 3.8) is 0 Å². The van der Waals surface area contributed by atoms with E-state index in [-0.39, 0.29) is 11.9 Å². The van der Waals surface area contributed by atoms with Crippen LogP contribution >= 0.6 is 11.6 Å². The lowest BCUT2D eigenvalue weighted by atomic mass is 9.87. The first-order valence-corrected chi connectivity index (χ1v) is 7.02. The fourth-order valence-corrected chi connectivity index (χ4v) is 2.76. The summed E-state index contributed by atoms with van der Waals surface area (Å²) in [4.78, 5) is 16.2. The van der Waals surface area contributed by atoms with Gasteiger partial charge in [-0.15, -0.1) is 11.6 Å². The van der Waals surface area contributed by atoms with Gasteiger partial charge in [-0.1, -0.05) is 0 Å². The van der Waals surface area contributed by atoms with Gasteiger partial charge in [-0.25, -0.2) is 0 Å². The molecule has 1 N–H and O–H groups in total. The maximum atomic E-state index is 12.1. The Balaban J connectivity index is 1.91. The van der Waals surface area contributed by atoms with Crippen LogP contribution in [0, 0.1) is 12.8 Å². The maximum Gasteiger partial charge on any atom is 0.253 e. The molecule has 2 rings (SSSR count). The largest absolute Gasteiger partial charge is 0.349 e. The highest BCUT2D eigenvalue weighted by molar-refractivity contribution is 6.18. The Morgan fingerprint density at radius 3 is 2.78 bits per heavy atom. The maximum absolute atomic E-state index is 12.1. The van der Waals surface area contributed by atoms with E-state index in [2.05, 4.69) is 10.3 Å². The molecule has 1 aliphatic carbocycles. The van der Waals surface area contributed by atoms with Crippen molar-refractivity contribution in [1.82, 2.24) is 10.3 Å². The molecule has 3 nitrogen and oxygen atoms in total. The average molecular weight is 267 g/mol. The van der Waals surface area contributed by atoms with E-state index in [1.807, 2.05) is 13.0 Å². The van der Waals surface area contributed by atoms with Crippen LogP contribution in [-0.4, -0.2) is 22.8 Å². The van der Waals surface area contributed by atoms with Gasteiger partial charge in [-0.05, 0) is 50.7 Å². The van der Waals surface area contributed by atoms with Gasteiger partial charge in [0.15, 0.2) is 0 Å². The molecule has 4 heteroatoms. The zero-order valence-corrected chi connectivity index (χ0v) is 11.4. The highest BCUT2D eigenvalue weighted by atomic mass is 35.5. The van der Waals surface area contributed by atoms with E-state index in [0.717, 1.165) is 37.3 Å². The van der Waals surface area contributed by atoms with E-state index in [4.69, 9.17) is 11.6 Å². The summed E-state index contributed by atoms with van der Waals surface area (Å²) in [5.74, 6) is 1.36. The number of aryl methyl sites for hydroxylation is 1. The second kappa shape index (κ2) is 6.19. The molecule has 1 saturated carbocycles. The van der Waals surface area contributed by atoms with Crippen molar-refractivity contribution in [2.75, 3.05) is 5.88 Å². The van der Waals surface area contributed by atoms with Crippen LogP contribution in [0.4, 0.5) is 0 Å². The van der Waals surface area contributed by atoms with Crippen molar-refractivity contribution in [2.45, 2.75) is 38.6 Å². The highest BCUT2D eigenvalue weighted by Gasteiger charge is 2.22. The van der Waals surface area contributed by atoms with Crippen LogP contribution in [0.15, 0.2) is 18.3 Å². The predicted molar refractivity (Wildman–Crippen MR) is 72.9 cm³/mol. The number of aromatic nitrogens is 1. The summed E-state index contributed by atoms with van der Waals surface area (Å²) in [6, 6.07) is 3.91. The summed E-state index contributed by atoms with van der Waals surface area (Å²) in [6.45, 7) is 1.86. The quantitative estimate of drug-likeness (QED) is 0.855. The molecule has 0 bridgehead atoms. The molecule has 1 aromatic rings. The van der Waals surface area contributed by atoms with Gasteiger partial charge in [-0.2, -0.15) is 0 Å². The minimum absolute atomic E-state index is 0.00470. The van der Waals surface area contributed by atoms with Gasteiger partial charge in [-0.3, -0.25) is 9.78 Å². The zero-order valence-electron chi connectivity index (χ0n) is 10.7. The van der Waals surface area contributed by atoms with E-state index in [1.165, 1.54) is 0 Å². The van der Waals surface area contributed by atoms with E-state index in [1.54, 1.807) is 12.3 Å². The topological polar surface area (TPSA) is 42.0 Å². The van der Waals surface area contributed by atoms with Crippen LogP contribution in [0.2, 0.25) is 0 Å². The Morgan fingerprint density at radius 1 is 1.44 bits per heavy atom. The molecule has 1 heterocycles. The number of alkyl halides is 1. The number of carbonyl (C=O) groups excluding carboxylic acids is 1. The molecule has 1 aliphatic rings. The normalized spacial score (nSPS) is 23.7. The second-order valence-corrected chi connectivity index (χ2v) is 5.29. The van der Waals surface area contributed by atoms with Gasteiger partial charge >= 0.3 is 0 Å². The number of nitrogens with one attached hydrogen (secondary N) is 1. The number of hydrogen-bond acceptors (Lipinski definition) is 2. The number of nitrogens with zero attached hydrogens (tertiary/aromatic N) is 1. The molecule has 1 aromatic heterocycles. The summed E-state index contributed by atoms with van der Waals surface area (Å²) in [5, 5.41) is 3.10. The van der Waals surface area contributed by atoms with Gasteiger partial charge in [0.05, 0.1) is 5.56 Å². The lowest BCUT2D eigenvalue weighted by molar-refractivity contribution is 0.0922. The van der Waals surface area contributed by atoms with Crippen LogP contribution < -0.4 is 5.32 Å². The molecule has 1 amide bonds. The van der Waals surface area contributed by atoms with Gasteiger partial charge in [0, 0.05) is 23.8 Å². The van der Waals surface area contributed by atoms with Crippen molar-refractivity contribution < 1.29 is 4.79 Å². The lowest BCUT2D eigenvalue weighted by Gasteiger charge is -2.28. The van der Waals surface area contributed by atoms with Crippen LogP contribution in [0.3, 0.4) is 0 Å². The van der Waals surface area contributed by atoms with Crippen molar-refractivity contribution in [1.29, 1.82) is 0 Å². The number of carbonyl (C=O) groups is 1. The van der Waals surface area contributed by atoms with Crippen LogP contribution in [0.1, 0.15) is 41.7 Å². The minimum atomic E-state index is -0.00470. The molecule has 0 radical (unpaired) electrons. The fourth-order valence-electron chi connectivity index (χ4n) is 2.45. The van der Waals surface area contributed by atoms with Gasteiger partial charge in [0.2, 0.25) is 0 Å². The Kier molecular flexibility index (Phi) is 4.59. The first-order valence-electron chi connectivity index (χ1n) is 6.49. The molecule has 18 heavy (non-hydrogen) atoms.